The second-order valence-corrected chi connectivity index (χ2v) is 4.56. The van der Waals surface area contributed by atoms with Crippen LogP contribution in [0.2, 0.25) is 10.0 Å². The van der Waals surface area contributed by atoms with Crippen LogP contribution in [0.25, 0.3) is 0 Å². The minimum atomic E-state index is -0.657. The van der Waals surface area contributed by atoms with Crippen molar-refractivity contribution in [3.63, 3.8) is 0 Å². The lowest BCUT2D eigenvalue weighted by atomic mass is 9.98. The van der Waals surface area contributed by atoms with Crippen molar-refractivity contribution >= 4 is 23.2 Å². The first-order valence-electron chi connectivity index (χ1n) is 5.12. The molecule has 1 unspecified atom stereocenters. The van der Waals surface area contributed by atoms with Crippen LogP contribution in [0.1, 0.15) is 24.5 Å². The third-order valence-corrected chi connectivity index (χ3v) is 3.31. The predicted octanol–water partition coefficient (Wildman–Crippen LogP) is 3.72. The van der Waals surface area contributed by atoms with Crippen molar-refractivity contribution in [1.29, 1.82) is 0 Å². The van der Waals surface area contributed by atoms with Crippen molar-refractivity contribution in [1.82, 2.24) is 0 Å². The molecule has 0 saturated heterocycles. The van der Waals surface area contributed by atoms with Crippen molar-refractivity contribution in [3.05, 3.63) is 45.6 Å². The molecule has 4 heteroatoms. The van der Waals surface area contributed by atoms with Crippen molar-refractivity contribution < 1.29 is 9.84 Å². The molecule has 1 N–H and O–H groups in total. The fourth-order valence-corrected chi connectivity index (χ4v) is 1.99. The van der Waals surface area contributed by atoms with Gasteiger partial charge in [0.05, 0.1) is 22.9 Å². The molecule has 1 aromatic rings. The van der Waals surface area contributed by atoms with Gasteiger partial charge in [0.2, 0.25) is 0 Å². The Morgan fingerprint density at radius 1 is 1.25 bits per heavy atom. The van der Waals surface area contributed by atoms with Crippen molar-refractivity contribution in [2.45, 2.75) is 18.9 Å². The van der Waals surface area contributed by atoms with E-state index in [0.29, 0.717) is 10.0 Å². The van der Waals surface area contributed by atoms with Gasteiger partial charge in [-0.2, -0.15) is 0 Å². The van der Waals surface area contributed by atoms with Crippen LogP contribution in [-0.2, 0) is 4.74 Å². The van der Waals surface area contributed by atoms with E-state index in [0.717, 1.165) is 30.6 Å². The third kappa shape index (κ3) is 2.51. The zero-order valence-corrected chi connectivity index (χ0v) is 10.1. The van der Waals surface area contributed by atoms with Crippen LogP contribution in [0.5, 0.6) is 0 Å². The highest BCUT2D eigenvalue weighted by Crippen LogP contribution is 2.31. The maximum absolute atomic E-state index is 10.1. The highest BCUT2D eigenvalue weighted by atomic mass is 35.5. The van der Waals surface area contributed by atoms with Gasteiger partial charge in [0.25, 0.3) is 0 Å². The summed E-state index contributed by atoms with van der Waals surface area (Å²) in [5, 5.41) is 11.1. The molecule has 16 heavy (non-hydrogen) atoms. The summed E-state index contributed by atoms with van der Waals surface area (Å²) in [5.74, 6) is 0. The quantitative estimate of drug-likeness (QED) is 0.877. The van der Waals surface area contributed by atoms with Crippen LogP contribution in [-0.4, -0.2) is 11.7 Å². The number of hydrogen-bond acceptors (Lipinski definition) is 2. The molecule has 1 heterocycles. The van der Waals surface area contributed by atoms with Gasteiger partial charge in [0.15, 0.2) is 0 Å². The monoisotopic (exact) mass is 258 g/mol. The van der Waals surface area contributed by atoms with E-state index in [9.17, 15) is 5.11 Å². The van der Waals surface area contributed by atoms with Crippen LogP contribution < -0.4 is 0 Å². The summed E-state index contributed by atoms with van der Waals surface area (Å²) in [7, 11) is 0. The summed E-state index contributed by atoms with van der Waals surface area (Å²) in [6, 6.07) is 5.14. The molecule has 0 fully saturated rings. The number of aliphatic hydroxyl groups is 1. The number of ether oxygens (including phenoxy) is 1. The van der Waals surface area contributed by atoms with Crippen molar-refractivity contribution in [2.24, 2.45) is 0 Å². The normalized spacial score (nSPS) is 17.6. The maximum Gasteiger partial charge on any atom is 0.103 e. The Morgan fingerprint density at radius 3 is 2.69 bits per heavy atom. The van der Waals surface area contributed by atoms with Gasteiger partial charge < -0.3 is 9.84 Å². The molecule has 0 saturated carbocycles. The number of aliphatic hydroxyl groups excluding tert-OH is 1. The minimum absolute atomic E-state index is 0.454. The van der Waals surface area contributed by atoms with Crippen molar-refractivity contribution in [2.75, 3.05) is 6.61 Å². The molecule has 0 bridgehead atoms. The number of rotatable bonds is 2. The molecule has 0 spiro atoms. The highest BCUT2D eigenvalue weighted by Gasteiger charge is 2.17. The van der Waals surface area contributed by atoms with E-state index in [1.54, 1.807) is 24.5 Å². The first-order valence-corrected chi connectivity index (χ1v) is 5.87. The maximum atomic E-state index is 10.1. The number of hydrogen-bond donors (Lipinski definition) is 1. The average Bonchev–Trinajstić information content (AvgIpc) is 2.33. The smallest absolute Gasteiger partial charge is 0.103 e. The molecule has 0 aliphatic carbocycles. The van der Waals surface area contributed by atoms with E-state index in [1.165, 1.54) is 0 Å². The van der Waals surface area contributed by atoms with Crippen LogP contribution in [0, 0.1) is 0 Å². The van der Waals surface area contributed by atoms with Gasteiger partial charge in [0, 0.05) is 0 Å². The molecular formula is C12H12Cl2O2. The SMILES string of the molecule is OC(C1=COCCC1)c1ccc(Cl)c(Cl)c1. The Morgan fingerprint density at radius 2 is 2.06 bits per heavy atom. The van der Waals surface area contributed by atoms with Crippen molar-refractivity contribution in [3.8, 4) is 0 Å². The van der Waals surface area contributed by atoms with Crippen LogP contribution in [0.4, 0.5) is 0 Å². The summed E-state index contributed by atoms with van der Waals surface area (Å²) in [5.41, 5.74) is 1.62. The fourth-order valence-electron chi connectivity index (χ4n) is 1.68. The van der Waals surface area contributed by atoms with Gasteiger partial charge >= 0.3 is 0 Å². The largest absolute Gasteiger partial charge is 0.501 e. The fraction of sp³-hybridized carbons (Fsp3) is 0.333. The first kappa shape index (κ1) is 11.8. The van der Waals surface area contributed by atoms with Crippen LogP contribution in [0.3, 0.4) is 0 Å². The summed E-state index contributed by atoms with van der Waals surface area (Å²) in [6.45, 7) is 0.720. The van der Waals surface area contributed by atoms with Crippen LogP contribution in [0.15, 0.2) is 30.0 Å². The summed E-state index contributed by atoms with van der Waals surface area (Å²) < 4.78 is 5.20. The molecular weight excluding hydrogens is 247 g/mol. The zero-order valence-electron chi connectivity index (χ0n) is 8.62. The Bertz CT molecular complexity index is 415. The van der Waals surface area contributed by atoms with Gasteiger partial charge in [-0.3, -0.25) is 0 Å². The summed E-state index contributed by atoms with van der Waals surface area (Å²) in [6.07, 6.45) is 2.76. The molecule has 1 aliphatic heterocycles. The number of halogens is 2. The zero-order chi connectivity index (χ0) is 11.5. The molecule has 0 radical (unpaired) electrons. The average molecular weight is 259 g/mol. The highest BCUT2D eigenvalue weighted by molar-refractivity contribution is 6.42. The Labute approximate surface area is 104 Å². The first-order chi connectivity index (χ1) is 7.68. The van der Waals surface area contributed by atoms with Gasteiger partial charge in [-0.25, -0.2) is 0 Å². The molecule has 2 nitrogen and oxygen atoms in total. The molecule has 0 aromatic heterocycles. The Balaban J connectivity index is 2.22. The Kier molecular flexibility index (Phi) is 3.74. The van der Waals surface area contributed by atoms with E-state index in [4.69, 9.17) is 27.9 Å². The van der Waals surface area contributed by atoms with E-state index in [1.807, 2.05) is 0 Å². The van der Waals surface area contributed by atoms with E-state index >= 15 is 0 Å². The van der Waals surface area contributed by atoms with Gasteiger partial charge in [-0.05, 0) is 36.1 Å². The molecule has 2 rings (SSSR count). The topological polar surface area (TPSA) is 29.5 Å². The van der Waals surface area contributed by atoms with E-state index in [2.05, 4.69) is 0 Å². The summed E-state index contributed by atoms with van der Waals surface area (Å²) in [4.78, 5) is 0. The minimum Gasteiger partial charge on any atom is -0.501 e. The molecule has 86 valence electrons. The van der Waals surface area contributed by atoms with E-state index < -0.39 is 6.10 Å². The lowest BCUT2D eigenvalue weighted by Crippen LogP contribution is -2.07. The number of benzene rings is 1. The molecule has 1 atom stereocenters. The van der Waals surface area contributed by atoms with Gasteiger partial charge in [-0.1, -0.05) is 29.3 Å². The molecule has 0 amide bonds. The predicted molar refractivity (Wildman–Crippen MR) is 64.7 cm³/mol. The van der Waals surface area contributed by atoms with Gasteiger partial charge in [-0.15, -0.1) is 0 Å². The summed E-state index contributed by atoms with van der Waals surface area (Å²) >= 11 is 11.7. The van der Waals surface area contributed by atoms with Gasteiger partial charge in [0.1, 0.15) is 6.10 Å². The third-order valence-electron chi connectivity index (χ3n) is 2.57. The molecule has 1 aromatic carbocycles. The molecule has 1 aliphatic rings. The van der Waals surface area contributed by atoms with Crippen LogP contribution >= 0.6 is 23.2 Å². The lowest BCUT2D eigenvalue weighted by Gasteiger charge is -2.19. The standard InChI is InChI=1S/C12H12Cl2O2/c13-10-4-3-8(6-11(10)14)12(15)9-2-1-5-16-7-9/h3-4,6-7,12,15H,1-2,5H2. The Hall–Kier alpha value is -0.700. The second-order valence-electron chi connectivity index (χ2n) is 3.74. The van der Waals surface area contributed by atoms with E-state index in [-0.39, 0.29) is 0 Å². The second kappa shape index (κ2) is 5.09. The lowest BCUT2D eigenvalue weighted by molar-refractivity contribution is 0.170.